The van der Waals surface area contributed by atoms with Gasteiger partial charge in [-0.15, -0.1) is 0 Å². The molecular formula is C18H24BrN5O. The van der Waals surface area contributed by atoms with Gasteiger partial charge in [0.15, 0.2) is 5.96 Å². The summed E-state index contributed by atoms with van der Waals surface area (Å²) < 4.78 is 3.10. The van der Waals surface area contributed by atoms with Crippen LogP contribution in [0.25, 0.3) is 0 Å². The van der Waals surface area contributed by atoms with Crippen LogP contribution in [0.4, 0.5) is 0 Å². The van der Waals surface area contributed by atoms with E-state index in [4.69, 9.17) is 0 Å². The SMILES string of the molecule is CN=C(NCC(=O)NCc1ccccc1)N(C)Cc1cc(Br)cn1C. The average Bonchev–Trinajstić information content (AvgIpc) is 2.91. The molecule has 0 unspecified atom stereocenters. The molecule has 0 saturated heterocycles. The molecule has 0 saturated carbocycles. The third-order valence-corrected chi connectivity index (χ3v) is 4.22. The predicted octanol–water partition coefficient (Wildman–Crippen LogP) is 2.11. The first-order valence-electron chi connectivity index (χ1n) is 8.02. The lowest BCUT2D eigenvalue weighted by Gasteiger charge is -2.22. The van der Waals surface area contributed by atoms with Crippen LogP contribution in [0.2, 0.25) is 0 Å². The van der Waals surface area contributed by atoms with Crippen LogP contribution in [-0.4, -0.2) is 42.0 Å². The smallest absolute Gasteiger partial charge is 0.239 e. The van der Waals surface area contributed by atoms with Crippen LogP contribution in [0, 0.1) is 0 Å². The summed E-state index contributed by atoms with van der Waals surface area (Å²) in [6, 6.07) is 11.9. The quantitative estimate of drug-likeness (QED) is 0.571. The third-order valence-electron chi connectivity index (χ3n) is 3.79. The van der Waals surface area contributed by atoms with E-state index < -0.39 is 0 Å². The molecule has 25 heavy (non-hydrogen) atoms. The van der Waals surface area contributed by atoms with Crippen LogP contribution in [0.5, 0.6) is 0 Å². The minimum atomic E-state index is -0.0694. The fraction of sp³-hybridized carbons (Fsp3) is 0.333. The number of halogens is 1. The molecule has 2 N–H and O–H groups in total. The van der Waals surface area contributed by atoms with Gasteiger partial charge < -0.3 is 20.1 Å². The summed E-state index contributed by atoms with van der Waals surface area (Å²) in [6.45, 7) is 1.39. The van der Waals surface area contributed by atoms with Gasteiger partial charge in [0.05, 0.1) is 13.1 Å². The number of nitrogens with one attached hydrogen (secondary N) is 2. The largest absolute Gasteiger partial charge is 0.352 e. The van der Waals surface area contributed by atoms with E-state index in [2.05, 4.69) is 42.2 Å². The number of nitrogens with zero attached hydrogens (tertiary/aromatic N) is 3. The normalized spacial score (nSPS) is 11.3. The van der Waals surface area contributed by atoms with Crippen molar-refractivity contribution in [3.63, 3.8) is 0 Å². The Morgan fingerprint density at radius 1 is 1.28 bits per heavy atom. The monoisotopic (exact) mass is 405 g/mol. The Labute approximate surface area is 157 Å². The number of carbonyl (C=O) groups is 1. The highest BCUT2D eigenvalue weighted by atomic mass is 79.9. The molecule has 0 aliphatic rings. The highest BCUT2D eigenvalue weighted by Gasteiger charge is 2.11. The lowest BCUT2D eigenvalue weighted by Crippen LogP contribution is -2.43. The molecule has 6 nitrogen and oxygen atoms in total. The molecular weight excluding hydrogens is 382 g/mol. The molecule has 0 radical (unpaired) electrons. The van der Waals surface area contributed by atoms with Gasteiger partial charge in [-0.1, -0.05) is 30.3 Å². The molecule has 0 spiro atoms. The number of amides is 1. The van der Waals surface area contributed by atoms with Gasteiger partial charge in [-0.05, 0) is 27.6 Å². The minimum Gasteiger partial charge on any atom is -0.352 e. The van der Waals surface area contributed by atoms with E-state index in [1.54, 1.807) is 7.05 Å². The Morgan fingerprint density at radius 3 is 2.60 bits per heavy atom. The van der Waals surface area contributed by atoms with Crippen LogP contribution in [0.3, 0.4) is 0 Å². The molecule has 0 aliphatic heterocycles. The van der Waals surface area contributed by atoms with Crippen molar-refractivity contribution in [3.05, 3.63) is 58.3 Å². The van der Waals surface area contributed by atoms with E-state index in [1.165, 1.54) is 0 Å². The molecule has 2 aromatic rings. The van der Waals surface area contributed by atoms with Crippen molar-refractivity contribution in [3.8, 4) is 0 Å². The zero-order chi connectivity index (χ0) is 18.2. The topological polar surface area (TPSA) is 61.7 Å². The van der Waals surface area contributed by atoms with Crippen molar-refractivity contribution >= 4 is 27.8 Å². The highest BCUT2D eigenvalue weighted by Crippen LogP contribution is 2.14. The van der Waals surface area contributed by atoms with Crippen LogP contribution in [-0.2, 0) is 24.9 Å². The maximum absolute atomic E-state index is 12.0. The first-order chi connectivity index (χ1) is 12.0. The summed E-state index contributed by atoms with van der Waals surface area (Å²) in [4.78, 5) is 18.2. The van der Waals surface area contributed by atoms with Crippen LogP contribution in [0.15, 0.2) is 52.1 Å². The lowest BCUT2D eigenvalue weighted by molar-refractivity contribution is -0.120. The number of guanidine groups is 1. The van der Waals surface area contributed by atoms with E-state index >= 15 is 0 Å². The zero-order valence-corrected chi connectivity index (χ0v) is 16.4. The average molecular weight is 406 g/mol. The Kier molecular flexibility index (Phi) is 7.06. The van der Waals surface area contributed by atoms with Crippen molar-refractivity contribution < 1.29 is 4.79 Å². The number of aryl methyl sites for hydroxylation is 1. The predicted molar refractivity (Wildman–Crippen MR) is 104 cm³/mol. The van der Waals surface area contributed by atoms with Gasteiger partial charge >= 0.3 is 0 Å². The second-order valence-electron chi connectivity index (χ2n) is 5.78. The minimum absolute atomic E-state index is 0.0694. The number of benzene rings is 1. The molecule has 0 aliphatic carbocycles. The van der Waals surface area contributed by atoms with Gasteiger partial charge in [-0.3, -0.25) is 9.79 Å². The van der Waals surface area contributed by atoms with Crippen molar-refractivity contribution in [1.82, 2.24) is 20.1 Å². The van der Waals surface area contributed by atoms with Crippen LogP contribution >= 0.6 is 15.9 Å². The Bertz CT molecular complexity index is 726. The molecule has 1 heterocycles. The summed E-state index contributed by atoms with van der Waals surface area (Å²) in [5, 5.41) is 5.99. The third kappa shape index (κ3) is 5.94. The van der Waals surface area contributed by atoms with Gasteiger partial charge in [0.1, 0.15) is 0 Å². The van der Waals surface area contributed by atoms with E-state index in [0.717, 1.165) is 15.7 Å². The zero-order valence-electron chi connectivity index (χ0n) is 14.8. The first kappa shape index (κ1) is 19.1. The number of rotatable bonds is 6. The summed E-state index contributed by atoms with van der Waals surface area (Å²) >= 11 is 3.48. The highest BCUT2D eigenvalue weighted by molar-refractivity contribution is 9.10. The second kappa shape index (κ2) is 9.27. The molecule has 1 amide bonds. The van der Waals surface area contributed by atoms with Crippen molar-refractivity contribution in [1.29, 1.82) is 0 Å². The maximum Gasteiger partial charge on any atom is 0.239 e. The molecule has 134 valence electrons. The van der Waals surface area contributed by atoms with Crippen LogP contribution in [0.1, 0.15) is 11.3 Å². The fourth-order valence-corrected chi connectivity index (χ4v) is 3.02. The Morgan fingerprint density at radius 2 is 2.00 bits per heavy atom. The van der Waals surface area contributed by atoms with Crippen molar-refractivity contribution in [2.75, 3.05) is 20.6 Å². The number of hydrogen-bond donors (Lipinski definition) is 2. The number of aliphatic imine (C=N–C) groups is 1. The van der Waals surface area contributed by atoms with E-state index in [-0.39, 0.29) is 12.5 Å². The molecule has 7 heteroatoms. The maximum atomic E-state index is 12.0. The Hall–Kier alpha value is -2.28. The van der Waals surface area contributed by atoms with E-state index in [1.807, 2.05) is 55.5 Å². The van der Waals surface area contributed by atoms with Gasteiger partial charge in [0.2, 0.25) is 5.91 Å². The number of carbonyl (C=O) groups excluding carboxylic acids is 1. The van der Waals surface area contributed by atoms with Gasteiger partial charge in [0, 0.05) is 44.1 Å². The van der Waals surface area contributed by atoms with E-state index in [9.17, 15) is 4.79 Å². The van der Waals surface area contributed by atoms with Crippen molar-refractivity contribution in [2.45, 2.75) is 13.1 Å². The first-order valence-corrected chi connectivity index (χ1v) is 8.82. The molecule has 0 atom stereocenters. The van der Waals surface area contributed by atoms with E-state index in [0.29, 0.717) is 19.0 Å². The molecule has 0 fully saturated rings. The van der Waals surface area contributed by atoms with Crippen LogP contribution < -0.4 is 10.6 Å². The lowest BCUT2D eigenvalue weighted by atomic mass is 10.2. The molecule has 1 aromatic carbocycles. The number of aromatic nitrogens is 1. The second-order valence-corrected chi connectivity index (χ2v) is 6.70. The summed E-state index contributed by atoms with van der Waals surface area (Å²) in [6.07, 6.45) is 2.01. The molecule has 1 aromatic heterocycles. The molecule has 2 rings (SSSR count). The van der Waals surface area contributed by atoms with Gasteiger partial charge in [-0.25, -0.2) is 0 Å². The summed E-state index contributed by atoms with van der Waals surface area (Å²) in [7, 11) is 5.65. The summed E-state index contributed by atoms with van der Waals surface area (Å²) in [5.41, 5.74) is 2.22. The molecule has 0 bridgehead atoms. The fourth-order valence-electron chi connectivity index (χ4n) is 2.44. The van der Waals surface area contributed by atoms with Gasteiger partial charge in [-0.2, -0.15) is 0 Å². The van der Waals surface area contributed by atoms with Gasteiger partial charge in [0.25, 0.3) is 0 Å². The summed E-state index contributed by atoms with van der Waals surface area (Å²) in [5.74, 6) is 0.604. The van der Waals surface area contributed by atoms with Crippen molar-refractivity contribution in [2.24, 2.45) is 12.0 Å². The standard InChI is InChI=1S/C18H24BrN5O/c1-20-18(24(3)13-16-9-15(19)12-23(16)2)22-11-17(25)21-10-14-7-5-4-6-8-14/h4-9,12H,10-11,13H2,1-3H3,(H,20,22)(H,21,25). The Balaban J connectivity index is 1.80. The number of hydrogen-bond acceptors (Lipinski definition) is 2.